The molecule has 0 aliphatic carbocycles. The molecule has 2 N–H and O–H groups in total. The first-order chi connectivity index (χ1) is 15.0. The average molecular weight is 449 g/mol. The summed E-state index contributed by atoms with van der Waals surface area (Å²) in [6.45, 7) is 0.455. The maximum atomic E-state index is 12.1. The number of anilines is 1. The summed E-state index contributed by atoms with van der Waals surface area (Å²) < 4.78 is 25.9. The van der Waals surface area contributed by atoms with Crippen molar-refractivity contribution >= 4 is 46.4 Å². The summed E-state index contributed by atoms with van der Waals surface area (Å²) in [4.78, 5) is 26.7. The Hall–Kier alpha value is -3.49. The number of pyridine rings is 1. The maximum absolute atomic E-state index is 12.1. The lowest BCUT2D eigenvalue weighted by Crippen LogP contribution is -2.37. The van der Waals surface area contributed by atoms with Crippen LogP contribution in [0.15, 0.2) is 36.4 Å². The van der Waals surface area contributed by atoms with Gasteiger partial charge in [0.15, 0.2) is 13.7 Å². The number of benzene rings is 1. The van der Waals surface area contributed by atoms with E-state index in [1.54, 1.807) is 45.2 Å². The zero-order valence-electron chi connectivity index (χ0n) is 17.7. The molecular weight excluding hydrogens is 429 g/mol. The largest absolute Gasteiger partial charge is 0.369 e. The highest BCUT2D eigenvalue weighted by atomic mass is 32.2. The molecule has 1 saturated heterocycles. The van der Waals surface area contributed by atoms with Crippen molar-refractivity contribution in [2.24, 2.45) is 0 Å². The first-order valence-corrected chi connectivity index (χ1v) is 11.7. The normalized spacial score (nSPS) is 18.5. The van der Waals surface area contributed by atoms with Crippen LogP contribution in [-0.4, -0.2) is 72.6 Å². The molecule has 162 valence electrons. The highest BCUT2D eigenvalue weighted by molar-refractivity contribution is 7.92. The fraction of sp³-hybridized carbons (Fsp3) is 0.238. The van der Waals surface area contributed by atoms with Crippen molar-refractivity contribution in [1.29, 1.82) is 0 Å². The van der Waals surface area contributed by atoms with E-state index in [4.69, 9.17) is 0 Å². The Morgan fingerprint density at radius 2 is 2.00 bits per heavy atom. The number of nitrogens with one attached hydrogen (secondary N) is 1. The van der Waals surface area contributed by atoms with Gasteiger partial charge in [0.25, 0.3) is 5.91 Å². The molecule has 0 unspecified atom stereocenters. The summed E-state index contributed by atoms with van der Waals surface area (Å²) in [5.41, 5.74) is 1.48. The molecule has 1 aliphatic rings. The first-order valence-electron chi connectivity index (χ1n) is 9.79. The standard InChI is InChI=1S/C21H20BN5O4S/c1-27-11-10-21(29,19(27)28)9-8-13-4-3-5-14(12-13)15-6-7-16-17(23-15)18(25-20(22)24-16)26-32(2,30)31/h3-7,12,29H,10-11,22H2,1-2H3,(H,24,25,26)/t21-/m0/s1. The molecule has 11 heteroatoms. The van der Waals surface area contributed by atoms with Crippen molar-refractivity contribution in [3.8, 4) is 23.1 Å². The first kappa shape index (κ1) is 21.7. The van der Waals surface area contributed by atoms with Crippen LogP contribution in [0.3, 0.4) is 0 Å². The zero-order valence-corrected chi connectivity index (χ0v) is 18.6. The number of carbonyl (C=O) groups excluding carboxylic acids is 1. The van der Waals surface area contributed by atoms with Crippen LogP contribution in [-0.2, 0) is 14.8 Å². The van der Waals surface area contributed by atoms with Gasteiger partial charge < -0.3 is 10.0 Å². The summed E-state index contributed by atoms with van der Waals surface area (Å²) in [5.74, 6) is 5.29. The highest BCUT2D eigenvalue weighted by Gasteiger charge is 2.42. The molecular formula is C21H20BN5O4S. The number of fused-ring (bicyclic) bond motifs is 1. The predicted molar refractivity (Wildman–Crippen MR) is 123 cm³/mol. The molecule has 0 spiro atoms. The minimum atomic E-state index is -3.55. The van der Waals surface area contributed by atoms with Gasteiger partial charge in [0.05, 0.1) is 23.2 Å². The van der Waals surface area contributed by atoms with E-state index in [-0.39, 0.29) is 12.2 Å². The number of amides is 1. The minimum Gasteiger partial charge on any atom is -0.369 e. The Kier molecular flexibility index (Phi) is 5.36. The summed E-state index contributed by atoms with van der Waals surface area (Å²) >= 11 is 0. The summed E-state index contributed by atoms with van der Waals surface area (Å²) in [6.07, 6.45) is 1.31. The molecule has 3 aromatic rings. The number of likely N-dealkylation sites (N-methyl/N-ethyl adjacent to an activating group) is 1. The highest BCUT2D eigenvalue weighted by Crippen LogP contribution is 2.25. The third kappa shape index (κ3) is 4.42. The van der Waals surface area contributed by atoms with Gasteiger partial charge in [-0.25, -0.2) is 23.4 Å². The van der Waals surface area contributed by atoms with Crippen LogP contribution in [0.4, 0.5) is 5.82 Å². The van der Waals surface area contributed by atoms with Crippen molar-refractivity contribution in [3.63, 3.8) is 0 Å². The van der Waals surface area contributed by atoms with Crippen LogP contribution in [0, 0.1) is 11.8 Å². The summed E-state index contributed by atoms with van der Waals surface area (Å²) in [7, 11) is -0.251. The lowest BCUT2D eigenvalue weighted by atomic mass is 10.0. The third-order valence-corrected chi connectivity index (χ3v) is 5.58. The van der Waals surface area contributed by atoms with E-state index in [9.17, 15) is 18.3 Å². The lowest BCUT2D eigenvalue weighted by molar-refractivity contribution is -0.137. The third-order valence-electron chi connectivity index (χ3n) is 5.02. The molecule has 1 amide bonds. The number of carbonyl (C=O) groups is 1. The molecule has 1 aliphatic heterocycles. The SMILES string of the molecule is Bc1nc(NS(C)(=O)=O)c2nc(-c3cccc(C#C[C@]4(O)CCN(C)C4=O)c3)ccc2n1. The average Bonchev–Trinajstić information content (AvgIpc) is 2.99. The Labute approximate surface area is 186 Å². The van der Waals surface area contributed by atoms with E-state index in [0.717, 1.165) is 11.8 Å². The van der Waals surface area contributed by atoms with Gasteiger partial charge in [-0.3, -0.25) is 9.52 Å². The molecule has 0 bridgehead atoms. The quantitative estimate of drug-likeness (QED) is 0.399. The fourth-order valence-corrected chi connectivity index (χ4v) is 3.93. The van der Waals surface area contributed by atoms with Crippen molar-refractivity contribution in [2.75, 3.05) is 24.6 Å². The van der Waals surface area contributed by atoms with Gasteiger partial charge in [0.2, 0.25) is 15.6 Å². The van der Waals surface area contributed by atoms with E-state index in [2.05, 4.69) is 31.5 Å². The second kappa shape index (κ2) is 7.89. The van der Waals surface area contributed by atoms with Gasteiger partial charge in [-0.15, -0.1) is 0 Å². The molecule has 1 aromatic carbocycles. The summed E-state index contributed by atoms with van der Waals surface area (Å²) in [6, 6.07) is 10.7. The molecule has 2 aromatic heterocycles. The van der Waals surface area contributed by atoms with Gasteiger partial charge >= 0.3 is 0 Å². The molecule has 1 atom stereocenters. The number of hydrogen-bond acceptors (Lipinski definition) is 7. The number of aromatic nitrogens is 3. The molecule has 1 fully saturated rings. The van der Waals surface area contributed by atoms with Crippen molar-refractivity contribution in [3.05, 3.63) is 42.0 Å². The number of likely N-dealkylation sites (tertiary alicyclic amines) is 1. The van der Waals surface area contributed by atoms with Gasteiger partial charge in [-0.05, 0) is 24.3 Å². The predicted octanol–water partition coefficient (Wildman–Crippen LogP) is -0.734. The van der Waals surface area contributed by atoms with Gasteiger partial charge in [-0.2, -0.15) is 0 Å². The van der Waals surface area contributed by atoms with Gasteiger partial charge in [-0.1, -0.05) is 24.0 Å². The van der Waals surface area contributed by atoms with E-state index in [1.807, 2.05) is 6.07 Å². The Bertz CT molecular complexity index is 1420. The second-order valence-corrected chi connectivity index (χ2v) is 9.47. The van der Waals surface area contributed by atoms with E-state index in [0.29, 0.717) is 34.6 Å². The zero-order chi connectivity index (χ0) is 23.1. The Morgan fingerprint density at radius 1 is 1.22 bits per heavy atom. The van der Waals surface area contributed by atoms with Crippen LogP contribution >= 0.6 is 0 Å². The molecule has 0 radical (unpaired) electrons. The lowest BCUT2D eigenvalue weighted by Gasteiger charge is -2.13. The molecule has 9 nitrogen and oxygen atoms in total. The fourth-order valence-electron chi connectivity index (χ4n) is 3.44. The van der Waals surface area contributed by atoms with Crippen LogP contribution < -0.4 is 10.4 Å². The monoisotopic (exact) mass is 449 g/mol. The Balaban J connectivity index is 1.73. The van der Waals surface area contributed by atoms with Crippen molar-refractivity contribution < 1.29 is 18.3 Å². The number of nitrogens with zero attached hydrogens (tertiary/aromatic N) is 4. The van der Waals surface area contributed by atoms with Crippen LogP contribution in [0.1, 0.15) is 12.0 Å². The van der Waals surface area contributed by atoms with E-state index >= 15 is 0 Å². The smallest absolute Gasteiger partial charge is 0.267 e. The molecule has 32 heavy (non-hydrogen) atoms. The Morgan fingerprint density at radius 3 is 2.69 bits per heavy atom. The van der Waals surface area contributed by atoms with E-state index in [1.165, 1.54) is 4.90 Å². The maximum Gasteiger partial charge on any atom is 0.267 e. The van der Waals surface area contributed by atoms with Gasteiger partial charge in [0, 0.05) is 31.1 Å². The summed E-state index contributed by atoms with van der Waals surface area (Å²) in [5, 5.41) is 10.5. The van der Waals surface area contributed by atoms with Crippen molar-refractivity contribution in [1.82, 2.24) is 19.9 Å². The number of hydrogen-bond donors (Lipinski definition) is 2. The van der Waals surface area contributed by atoms with Crippen molar-refractivity contribution in [2.45, 2.75) is 12.0 Å². The van der Waals surface area contributed by atoms with Gasteiger partial charge in [0.1, 0.15) is 5.52 Å². The minimum absolute atomic E-state index is 0.110. The number of rotatable bonds is 3. The van der Waals surface area contributed by atoms with Crippen LogP contribution in [0.25, 0.3) is 22.3 Å². The molecule has 4 rings (SSSR count). The molecule has 0 saturated carbocycles. The van der Waals surface area contributed by atoms with E-state index < -0.39 is 21.5 Å². The number of sulfonamides is 1. The molecule has 3 heterocycles. The topological polar surface area (TPSA) is 125 Å². The van der Waals surface area contributed by atoms with Crippen LogP contribution in [0.2, 0.25) is 0 Å². The van der Waals surface area contributed by atoms with Crippen LogP contribution in [0.5, 0.6) is 0 Å². The number of aliphatic hydroxyl groups is 1. The second-order valence-electron chi connectivity index (χ2n) is 7.73.